The maximum absolute atomic E-state index is 12.2. The Morgan fingerprint density at radius 3 is 2.52 bits per heavy atom. The minimum Gasteiger partial charge on any atom is -0.495 e. The molecule has 0 aromatic heterocycles. The quantitative estimate of drug-likeness (QED) is 0.519. The summed E-state index contributed by atoms with van der Waals surface area (Å²) >= 11 is 0. The summed E-state index contributed by atoms with van der Waals surface area (Å²) < 4.78 is 5.17. The number of ether oxygens (including phenoxy) is 1. The zero-order chi connectivity index (χ0) is 16.5. The highest BCUT2D eigenvalue weighted by Gasteiger charge is 2.10. The number of carbonyl (C=O) groups excluding carboxylic acids is 1. The highest BCUT2D eigenvalue weighted by molar-refractivity contribution is 6.07. The van der Waals surface area contributed by atoms with E-state index in [2.05, 4.69) is 5.32 Å². The van der Waals surface area contributed by atoms with Gasteiger partial charge in [0.05, 0.1) is 12.8 Å². The van der Waals surface area contributed by atoms with Gasteiger partial charge >= 0.3 is 0 Å². The van der Waals surface area contributed by atoms with Crippen LogP contribution in [0.2, 0.25) is 0 Å². The molecule has 0 fully saturated rings. The summed E-state index contributed by atoms with van der Waals surface area (Å²) in [5, 5.41) is 11.8. The molecule has 1 N–H and O–H groups in total. The Labute approximate surface area is 135 Å². The van der Waals surface area contributed by atoms with Crippen molar-refractivity contribution in [2.24, 2.45) is 0 Å². The van der Waals surface area contributed by atoms with E-state index in [9.17, 15) is 4.79 Å². The van der Waals surface area contributed by atoms with E-state index in [1.54, 1.807) is 30.3 Å². The van der Waals surface area contributed by atoms with E-state index < -0.39 is 5.91 Å². The molecule has 23 heavy (non-hydrogen) atoms. The van der Waals surface area contributed by atoms with Gasteiger partial charge in [0.25, 0.3) is 5.91 Å². The van der Waals surface area contributed by atoms with E-state index >= 15 is 0 Å². The van der Waals surface area contributed by atoms with Crippen molar-refractivity contribution in [3.8, 4) is 11.8 Å². The van der Waals surface area contributed by atoms with Gasteiger partial charge < -0.3 is 10.1 Å². The molecule has 0 atom stereocenters. The van der Waals surface area contributed by atoms with Crippen molar-refractivity contribution in [3.05, 3.63) is 77.9 Å². The number of nitrogens with zero attached hydrogens (tertiary/aromatic N) is 1. The Balaban J connectivity index is 2.11. The van der Waals surface area contributed by atoms with Crippen LogP contribution in [0.25, 0.3) is 6.08 Å². The van der Waals surface area contributed by atoms with Gasteiger partial charge in [0.2, 0.25) is 0 Å². The smallest absolute Gasteiger partial charge is 0.266 e. The predicted molar refractivity (Wildman–Crippen MR) is 90.8 cm³/mol. The van der Waals surface area contributed by atoms with Crippen LogP contribution >= 0.6 is 0 Å². The van der Waals surface area contributed by atoms with Gasteiger partial charge in [0, 0.05) is 0 Å². The van der Waals surface area contributed by atoms with Gasteiger partial charge in [-0.15, -0.1) is 0 Å². The largest absolute Gasteiger partial charge is 0.495 e. The number of methoxy groups -OCH3 is 1. The lowest BCUT2D eigenvalue weighted by atomic mass is 10.2. The third-order valence-electron chi connectivity index (χ3n) is 3.07. The molecular weight excluding hydrogens is 288 g/mol. The Morgan fingerprint density at radius 2 is 1.83 bits per heavy atom. The summed E-state index contributed by atoms with van der Waals surface area (Å²) in [5.74, 6) is 0.0627. The first-order valence-corrected chi connectivity index (χ1v) is 7.02. The third-order valence-corrected chi connectivity index (χ3v) is 3.07. The molecule has 0 saturated carbocycles. The number of benzene rings is 2. The maximum atomic E-state index is 12.2. The second-order valence-corrected chi connectivity index (χ2v) is 4.62. The molecule has 0 aliphatic carbocycles. The molecule has 0 radical (unpaired) electrons. The fraction of sp³-hybridized carbons (Fsp3) is 0.0526. The molecule has 2 aromatic rings. The molecule has 2 rings (SSSR count). The van der Waals surface area contributed by atoms with Crippen molar-refractivity contribution in [2.45, 2.75) is 0 Å². The van der Waals surface area contributed by atoms with Crippen molar-refractivity contribution in [3.63, 3.8) is 0 Å². The molecule has 0 saturated heterocycles. The highest BCUT2D eigenvalue weighted by atomic mass is 16.5. The number of nitrogens with one attached hydrogen (secondary N) is 1. The lowest BCUT2D eigenvalue weighted by molar-refractivity contribution is -0.112. The van der Waals surface area contributed by atoms with Crippen molar-refractivity contribution in [1.29, 1.82) is 5.26 Å². The summed E-state index contributed by atoms with van der Waals surface area (Å²) in [6.45, 7) is 0. The van der Waals surface area contributed by atoms with E-state index in [0.29, 0.717) is 11.4 Å². The van der Waals surface area contributed by atoms with Crippen molar-refractivity contribution in [1.82, 2.24) is 0 Å². The number of nitriles is 1. The average Bonchev–Trinajstić information content (AvgIpc) is 2.60. The molecule has 2 aromatic carbocycles. The Kier molecular flexibility index (Phi) is 5.73. The molecular formula is C19H16N2O2. The van der Waals surface area contributed by atoms with Gasteiger partial charge in [-0.25, -0.2) is 0 Å². The van der Waals surface area contributed by atoms with Gasteiger partial charge in [0.15, 0.2) is 0 Å². The first-order chi connectivity index (χ1) is 11.2. The average molecular weight is 304 g/mol. The molecule has 0 unspecified atom stereocenters. The van der Waals surface area contributed by atoms with Crippen LogP contribution in [-0.2, 0) is 4.79 Å². The summed E-state index contributed by atoms with van der Waals surface area (Å²) in [5.41, 5.74) is 1.53. The molecule has 0 aliphatic heterocycles. The van der Waals surface area contributed by atoms with Crippen LogP contribution in [0.3, 0.4) is 0 Å². The zero-order valence-corrected chi connectivity index (χ0v) is 12.7. The molecule has 1 amide bonds. The molecule has 0 aliphatic rings. The van der Waals surface area contributed by atoms with Crippen LogP contribution in [-0.4, -0.2) is 13.0 Å². The number of hydrogen-bond donors (Lipinski definition) is 1. The van der Waals surface area contributed by atoms with Crippen LogP contribution < -0.4 is 10.1 Å². The van der Waals surface area contributed by atoms with Crippen molar-refractivity contribution >= 4 is 17.7 Å². The van der Waals surface area contributed by atoms with Gasteiger partial charge in [-0.3, -0.25) is 4.79 Å². The SMILES string of the molecule is COc1ccccc1NC(=O)/C(C#N)=C/C=C/c1ccccc1. The standard InChI is InChI=1S/C19H16N2O2/c1-23-18-13-6-5-12-17(18)21-19(22)16(14-20)11-7-10-15-8-3-2-4-9-15/h2-13H,1H3,(H,21,22)/b10-7+,16-11+. The second-order valence-electron chi connectivity index (χ2n) is 4.62. The van der Waals surface area contributed by atoms with Gasteiger partial charge in [0.1, 0.15) is 17.4 Å². The lowest BCUT2D eigenvalue weighted by Crippen LogP contribution is -2.14. The molecule has 0 spiro atoms. The summed E-state index contributed by atoms with van der Waals surface area (Å²) in [4.78, 5) is 12.2. The number of carbonyl (C=O) groups is 1. The normalized spacial score (nSPS) is 11.0. The number of anilines is 1. The molecule has 4 nitrogen and oxygen atoms in total. The van der Waals surface area contributed by atoms with Gasteiger partial charge in [-0.2, -0.15) is 5.26 Å². The van der Waals surface area contributed by atoms with Crippen LogP contribution in [0.1, 0.15) is 5.56 Å². The minimum atomic E-state index is -0.477. The van der Waals surface area contributed by atoms with E-state index in [4.69, 9.17) is 10.00 Å². The monoisotopic (exact) mass is 304 g/mol. The van der Waals surface area contributed by atoms with Crippen molar-refractivity contribution in [2.75, 3.05) is 12.4 Å². The van der Waals surface area contributed by atoms with Crippen LogP contribution in [0, 0.1) is 11.3 Å². The molecule has 4 heteroatoms. The number of amides is 1. The highest BCUT2D eigenvalue weighted by Crippen LogP contribution is 2.23. The number of hydrogen-bond acceptors (Lipinski definition) is 3. The van der Waals surface area contributed by atoms with Crippen LogP contribution in [0.15, 0.2) is 72.3 Å². The van der Waals surface area contributed by atoms with Crippen LogP contribution in [0.4, 0.5) is 5.69 Å². The Hall–Kier alpha value is -3.32. The second kappa shape index (κ2) is 8.20. The number of rotatable bonds is 5. The van der Waals surface area contributed by atoms with Gasteiger partial charge in [-0.05, 0) is 23.8 Å². The minimum absolute atomic E-state index is 0.0167. The van der Waals surface area contributed by atoms with E-state index in [1.807, 2.05) is 42.5 Å². The zero-order valence-electron chi connectivity index (χ0n) is 12.7. The summed E-state index contributed by atoms with van der Waals surface area (Å²) in [7, 11) is 1.52. The molecule has 0 bridgehead atoms. The van der Waals surface area contributed by atoms with E-state index in [1.165, 1.54) is 13.2 Å². The summed E-state index contributed by atoms with van der Waals surface area (Å²) in [6.07, 6.45) is 4.99. The van der Waals surface area contributed by atoms with E-state index in [0.717, 1.165) is 5.56 Å². The van der Waals surface area contributed by atoms with Crippen molar-refractivity contribution < 1.29 is 9.53 Å². The molecule has 0 heterocycles. The fourth-order valence-electron chi connectivity index (χ4n) is 1.92. The lowest BCUT2D eigenvalue weighted by Gasteiger charge is -2.08. The first-order valence-electron chi connectivity index (χ1n) is 7.02. The first kappa shape index (κ1) is 16.1. The third kappa shape index (κ3) is 4.58. The molecule has 114 valence electrons. The number of para-hydroxylation sites is 2. The van der Waals surface area contributed by atoms with E-state index in [-0.39, 0.29) is 5.57 Å². The fourth-order valence-corrected chi connectivity index (χ4v) is 1.92. The Bertz CT molecular complexity index is 771. The summed E-state index contributed by atoms with van der Waals surface area (Å²) in [6, 6.07) is 18.6. The van der Waals surface area contributed by atoms with Gasteiger partial charge in [-0.1, -0.05) is 54.6 Å². The number of allylic oxidation sites excluding steroid dienone is 2. The Morgan fingerprint density at radius 1 is 1.13 bits per heavy atom. The van der Waals surface area contributed by atoms with Crippen LogP contribution in [0.5, 0.6) is 5.75 Å². The maximum Gasteiger partial charge on any atom is 0.266 e. The topological polar surface area (TPSA) is 62.1 Å². The predicted octanol–water partition coefficient (Wildman–Crippen LogP) is 3.80.